The number of benzene rings is 1. The second-order valence-electron chi connectivity index (χ2n) is 4.71. The molecule has 0 aliphatic carbocycles. The van der Waals surface area contributed by atoms with Crippen molar-refractivity contribution in [3.8, 4) is 0 Å². The summed E-state index contributed by atoms with van der Waals surface area (Å²) in [6.07, 6.45) is -2.83. The summed E-state index contributed by atoms with van der Waals surface area (Å²) >= 11 is 0. The molecule has 0 saturated heterocycles. The van der Waals surface area contributed by atoms with E-state index < -0.39 is 28.8 Å². The quantitative estimate of drug-likeness (QED) is 0.194. The first-order valence-corrected chi connectivity index (χ1v) is 6.57. The third-order valence-electron chi connectivity index (χ3n) is 3.32. The van der Waals surface area contributed by atoms with Gasteiger partial charge in [-0.3, -0.25) is 10.1 Å². The maximum Gasteiger partial charge on any atom is 0.338 e. The number of carbonyl (C=O) groups excluding carboxylic acids is 1. The Labute approximate surface area is 131 Å². The van der Waals surface area contributed by atoms with Crippen molar-refractivity contribution in [3.63, 3.8) is 0 Å². The summed E-state index contributed by atoms with van der Waals surface area (Å²) in [6, 6.07) is 2.13. The molecule has 0 aliphatic rings. The van der Waals surface area contributed by atoms with Crippen LogP contribution in [0.25, 0.3) is 10.4 Å². The number of hydrogen-bond acceptors (Lipinski definition) is 7. The Morgan fingerprint density at radius 1 is 1.52 bits per heavy atom. The number of nitrogens with zero attached hydrogens (tertiary/aromatic N) is 4. The number of ether oxygens (including phenoxy) is 1. The van der Waals surface area contributed by atoms with Crippen LogP contribution >= 0.6 is 0 Å². The Bertz CT molecular complexity index is 656. The molecule has 0 fully saturated rings. The van der Waals surface area contributed by atoms with Crippen LogP contribution in [0.2, 0.25) is 0 Å². The monoisotopic (exact) mass is 324 g/mol. The highest BCUT2D eigenvalue weighted by Gasteiger charge is 2.26. The van der Waals surface area contributed by atoms with Crippen LogP contribution in [0.15, 0.2) is 17.2 Å². The van der Waals surface area contributed by atoms with E-state index in [9.17, 15) is 25.1 Å². The first kappa shape index (κ1) is 18.4. The van der Waals surface area contributed by atoms with Crippen LogP contribution in [-0.2, 0) is 4.74 Å². The fourth-order valence-electron chi connectivity index (χ4n) is 2.06. The Morgan fingerprint density at radius 3 is 2.70 bits per heavy atom. The molecule has 2 unspecified atom stereocenters. The van der Waals surface area contributed by atoms with Crippen molar-refractivity contribution in [2.24, 2.45) is 5.11 Å². The highest BCUT2D eigenvalue weighted by atomic mass is 16.6. The van der Waals surface area contributed by atoms with Gasteiger partial charge in [-0.15, -0.1) is 0 Å². The van der Waals surface area contributed by atoms with Crippen LogP contribution < -0.4 is 0 Å². The molecule has 1 aromatic rings. The van der Waals surface area contributed by atoms with Crippen molar-refractivity contribution in [1.82, 2.24) is 0 Å². The first-order valence-electron chi connectivity index (χ1n) is 6.57. The number of esters is 1. The van der Waals surface area contributed by atoms with Gasteiger partial charge in [0.25, 0.3) is 5.69 Å². The highest BCUT2D eigenvalue weighted by molar-refractivity contribution is 5.92. The van der Waals surface area contributed by atoms with Gasteiger partial charge in [0.05, 0.1) is 23.7 Å². The van der Waals surface area contributed by atoms with Gasteiger partial charge in [0, 0.05) is 23.6 Å². The zero-order valence-electron chi connectivity index (χ0n) is 12.5. The van der Waals surface area contributed by atoms with Crippen molar-refractivity contribution in [2.45, 2.75) is 25.6 Å². The van der Waals surface area contributed by atoms with Gasteiger partial charge in [0.2, 0.25) is 0 Å². The van der Waals surface area contributed by atoms with Crippen LogP contribution in [0.1, 0.15) is 34.0 Å². The summed E-state index contributed by atoms with van der Waals surface area (Å²) < 4.78 is 4.57. The average Bonchev–Trinajstić information content (AvgIpc) is 2.53. The van der Waals surface area contributed by atoms with Crippen LogP contribution in [-0.4, -0.2) is 40.9 Å². The van der Waals surface area contributed by atoms with Crippen molar-refractivity contribution in [2.75, 3.05) is 13.7 Å². The summed E-state index contributed by atoms with van der Waals surface area (Å²) in [6.45, 7) is 1.43. The number of aliphatic hydroxyl groups excluding tert-OH is 2. The maximum absolute atomic E-state index is 11.7. The van der Waals surface area contributed by atoms with Crippen molar-refractivity contribution in [1.29, 1.82) is 0 Å². The summed E-state index contributed by atoms with van der Waals surface area (Å²) in [5.74, 6) is -0.789. The number of nitro groups is 1. The van der Waals surface area contributed by atoms with Gasteiger partial charge < -0.3 is 14.9 Å². The van der Waals surface area contributed by atoms with E-state index in [1.165, 1.54) is 6.92 Å². The number of methoxy groups -OCH3 is 1. The number of aliphatic hydroxyl groups is 2. The van der Waals surface area contributed by atoms with Gasteiger partial charge in [-0.05, 0) is 30.0 Å². The lowest BCUT2D eigenvalue weighted by Gasteiger charge is -2.20. The molecule has 0 aromatic heterocycles. The SMILES string of the molecule is COC(=O)c1cc([N+](=O)[O-])cc(C(O)C(O)CCN=[N+]=[N-])c1C. The summed E-state index contributed by atoms with van der Waals surface area (Å²) in [5.41, 5.74) is 8.00. The third kappa shape index (κ3) is 4.39. The lowest BCUT2D eigenvalue weighted by atomic mass is 9.93. The molecule has 0 radical (unpaired) electrons. The van der Waals surface area contributed by atoms with Crippen molar-refractivity contribution in [3.05, 3.63) is 49.4 Å². The standard InChI is InChI=1S/C13H16N4O6/c1-7-9(12(19)11(18)3-4-15-16-14)5-8(17(21)22)6-10(7)13(20)23-2/h5-6,11-12,18-19H,3-4H2,1-2H3. The molecular formula is C13H16N4O6. The fourth-order valence-corrected chi connectivity index (χ4v) is 2.06. The number of hydrogen-bond donors (Lipinski definition) is 2. The highest BCUT2D eigenvalue weighted by Crippen LogP contribution is 2.30. The van der Waals surface area contributed by atoms with Crippen LogP contribution in [0, 0.1) is 17.0 Å². The van der Waals surface area contributed by atoms with Gasteiger partial charge >= 0.3 is 5.97 Å². The number of nitro benzene ring substituents is 1. The molecule has 0 bridgehead atoms. The van der Waals surface area contributed by atoms with E-state index in [0.717, 1.165) is 19.2 Å². The molecule has 0 heterocycles. The van der Waals surface area contributed by atoms with Crippen molar-refractivity contribution < 1.29 is 24.7 Å². The molecule has 10 nitrogen and oxygen atoms in total. The molecule has 2 atom stereocenters. The number of non-ortho nitro benzene ring substituents is 1. The lowest BCUT2D eigenvalue weighted by molar-refractivity contribution is -0.385. The molecule has 0 spiro atoms. The van der Waals surface area contributed by atoms with E-state index >= 15 is 0 Å². The molecule has 2 N–H and O–H groups in total. The molecule has 0 amide bonds. The van der Waals surface area contributed by atoms with E-state index in [4.69, 9.17) is 5.53 Å². The van der Waals surface area contributed by atoms with Gasteiger partial charge in [0.15, 0.2) is 0 Å². The van der Waals surface area contributed by atoms with Crippen LogP contribution in [0.5, 0.6) is 0 Å². The van der Waals surface area contributed by atoms with Gasteiger partial charge in [0.1, 0.15) is 6.10 Å². The fraction of sp³-hybridized carbons (Fsp3) is 0.462. The van der Waals surface area contributed by atoms with Gasteiger partial charge in [-0.25, -0.2) is 4.79 Å². The lowest BCUT2D eigenvalue weighted by Crippen LogP contribution is -2.21. The normalized spacial score (nSPS) is 12.9. The molecule has 0 aliphatic heterocycles. The van der Waals surface area contributed by atoms with E-state index in [0.29, 0.717) is 0 Å². The predicted molar refractivity (Wildman–Crippen MR) is 78.8 cm³/mol. The number of rotatable bonds is 7. The molecule has 10 heteroatoms. The molecule has 1 rings (SSSR count). The van der Waals surface area contributed by atoms with Crippen LogP contribution in [0.4, 0.5) is 5.69 Å². The smallest absolute Gasteiger partial charge is 0.338 e. The van der Waals surface area contributed by atoms with E-state index in [-0.39, 0.29) is 29.7 Å². The topological polar surface area (TPSA) is 159 Å². The summed E-state index contributed by atoms with van der Waals surface area (Å²) in [5, 5.41) is 34.3. The second-order valence-corrected chi connectivity index (χ2v) is 4.71. The molecular weight excluding hydrogens is 308 g/mol. The van der Waals surface area contributed by atoms with E-state index in [1.54, 1.807) is 0 Å². The Morgan fingerprint density at radius 2 is 2.17 bits per heavy atom. The molecule has 0 saturated carbocycles. The predicted octanol–water partition coefficient (Wildman–Crippen LogP) is 1.78. The largest absolute Gasteiger partial charge is 0.465 e. The Balaban J connectivity index is 3.27. The minimum absolute atomic E-state index is 0.0352. The van der Waals surface area contributed by atoms with Gasteiger partial charge in [-0.2, -0.15) is 0 Å². The van der Waals surface area contributed by atoms with E-state index in [1.807, 2.05) is 0 Å². The van der Waals surface area contributed by atoms with Crippen molar-refractivity contribution >= 4 is 11.7 Å². The zero-order chi connectivity index (χ0) is 17.6. The number of carbonyl (C=O) groups is 1. The summed E-state index contributed by atoms with van der Waals surface area (Å²) in [4.78, 5) is 24.5. The molecule has 1 aromatic carbocycles. The summed E-state index contributed by atoms with van der Waals surface area (Å²) in [7, 11) is 1.13. The maximum atomic E-state index is 11.7. The Hall–Kier alpha value is -2.68. The van der Waals surface area contributed by atoms with Crippen LogP contribution in [0.3, 0.4) is 0 Å². The Kier molecular flexibility index (Phi) is 6.46. The second kappa shape index (κ2) is 8.08. The first-order chi connectivity index (χ1) is 10.8. The minimum atomic E-state index is -1.48. The molecule has 23 heavy (non-hydrogen) atoms. The molecule has 124 valence electrons. The average molecular weight is 324 g/mol. The number of azide groups is 1. The minimum Gasteiger partial charge on any atom is -0.465 e. The zero-order valence-corrected chi connectivity index (χ0v) is 12.5. The third-order valence-corrected chi connectivity index (χ3v) is 3.32. The van der Waals surface area contributed by atoms with E-state index in [2.05, 4.69) is 14.8 Å². The van der Waals surface area contributed by atoms with Gasteiger partial charge in [-0.1, -0.05) is 5.11 Å².